The molecule has 6 rings (SSSR count). The van der Waals surface area contributed by atoms with Gasteiger partial charge in [-0.15, -0.1) is 0 Å². The highest BCUT2D eigenvalue weighted by Crippen LogP contribution is 2.55. The second kappa shape index (κ2) is 10.3. The van der Waals surface area contributed by atoms with E-state index in [1.807, 2.05) is 0 Å². The van der Waals surface area contributed by atoms with E-state index in [0.717, 1.165) is 90.2 Å². The molecule has 0 amide bonds. The van der Waals surface area contributed by atoms with Crippen molar-refractivity contribution in [2.75, 3.05) is 29.9 Å². The van der Waals surface area contributed by atoms with Crippen molar-refractivity contribution in [2.45, 2.75) is 109 Å². The number of allylic oxidation sites excluding steroid dienone is 2. The van der Waals surface area contributed by atoms with Gasteiger partial charge in [-0.05, 0) is 90.9 Å². The van der Waals surface area contributed by atoms with Gasteiger partial charge in [-0.3, -0.25) is 0 Å². The molecular formula is C30H42F2N4O. The monoisotopic (exact) mass is 512 g/mol. The highest BCUT2D eigenvalue weighted by atomic mass is 19.1. The van der Waals surface area contributed by atoms with Crippen LogP contribution in [0.15, 0.2) is 28.6 Å². The fourth-order valence-corrected chi connectivity index (χ4v) is 8.09. The Labute approximate surface area is 220 Å². The van der Waals surface area contributed by atoms with E-state index >= 15 is 8.78 Å². The average molecular weight is 513 g/mol. The number of nitrogens with zero attached hydrogens (tertiary/aromatic N) is 3. The van der Waals surface area contributed by atoms with E-state index in [9.17, 15) is 0 Å². The van der Waals surface area contributed by atoms with Gasteiger partial charge >= 0.3 is 0 Å². The zero-order chi connectivity index (χ0) is 25.6. The third kappa shape index (κ3) is 4.70. The molecule has 2 atom stereocenters. The van der Waals surface area contributed by atoms with Crippen LogP contribution < -0.4 is 10.2 Å². The van der Waals surface area contributed by atoms with Crippen molar-refractivity contribution < 1.29 is 13.5 Å². The van der Waals surface area contributed by atoms with Crippen molar-refractivity contribution in [1.29, 1.82) is 0 Å². The number of aromatic nitrogens is 2. The molecular weight excluding hydrogens is 470 g/mol. The molecule has 202 valence electrons. The second-order valence-corrected chi connectivity index (χ2v) is 12.3. The summed E-state index contributed by atoms with van der Waals surface area (Å²) in [6.07, 6.45) is 14.4. The lowest BCUT2D eigenvalue weighted by atomic mass is 9.64. The van der Waals surface area contributed by atoms with Crippen LogP contribution in [0.2, 0.25) is 0 Å². The molecule has 3 aliphatic carbocycles. The lowest BCUT2D eigenvalue weighted by molar-refractivity contribution is 0.120. The van der Waals surface area contributed by atoms with Crippen molar-refractivity contribution in [3.05, 3.63) is 34.4 Å². The first-order valence-electron chi connectivity index (χ1n) is 14.7. The molecule has 4 fully saturated rings. The van der Waals surface area contributed by atoms with Gasteiger partial charge < -0.3 is 15.0 Å². The Bertz CT molecular complexity index is 1040. The SMILES string of the molecule is CC(C)(F)C1C2=C3CCCCC(=C1CCCC2)C3[C@H]1CCCN1c1ncnc(NCC2CCCO2)c1F. The van der Waals surface area contributed by atoms with Crippen LogP contribution in [0.4, 0.5) is 20.4 Å². The molecule has 4 bridgehead atoms. The van der Waals surface area contributed by atoms with Gasteiger partial charge in [0.25, 0.3) is 0 Å². The first-order valence-corrected chi connectivity index (χ1v) is 14.7. The van der Waals surface area contributed by atoms with Crippen LogP contribution in [0, 0.1) is 17.7 Å². The molecule has 7 heteroatoms. The Balaban J connectivity index is 1.36. The molecule has 0 spiro atoms. The minimum absolute atomic E-state index is 0.0754. The molecule has 5 aliphatic rings. The summed E-state index contributed by atoms with van der Waals surface area (Å²) in [4.78, 5) is 10.9. The molecule has 5 nitrogen and oxygen atoms in total. The Morgan fingerprint density at radius 1 is 0.946 bits per heavy atom. The number of halogens is 2. The molecule has 2 aliphatic heterocycles. The number of hydrogen-bond acceptors (Lipinski definition) is 5. The minimum atomic E-state index is -1.25. The number of rotatable bonds is 6. The van der Waals surface area contributed by atoms with Crippen molar-refractivity contribution in [2.24, 2.45) is 11.8 Å². The van der Waals surface area contributed by atoms with Crippen LogP contribution in [-0.4, -0.2) is 47.5 Å². The summed E-state index contributed by atoms with van der Waals surface area (Å²) in [6.45, 7) is 5.69. The smallest absolute Gasteiger partial charge is 0.207 e. The lowest BCUT2D eigenvalue weighted by Gasteiger charge is -2.44. The van der Waals surface area contributed by atoms with Gasteiger partial charge in [0.05, 0.1) is 6.10 Å². The number of nitrogens with one attached hydrogen (secondary N) is 1. The maximum absolute atomic E-state index is 15.9. The number of fused-ring (bicyclic) bond motifs is 4. The maximum Gasteiger partial charge on any atom is 0.207 e. The van der Waals surface area contributed by atoms with Crippen molar-refractivity contribution in [3.63, 3.8) is 0 Å². The van der Waals surface area contributed by atoms with E-state index in [0.29, 0.717) is 12.4 Å². The summed E-state index contributed by atoms with van der Waals surface area (Å²) in [7, 11) is 0. The Morgan fingerprint density at radius 2 is 1.62 bits per heavy atom. The summed E-state index contributed by atoms with van der Waals surface area (Å²) in [5.74, 6) is 0.514. The van der Waals surface area contributed by atoms with Crippen LogP contribution in [0.1, 0.15) is 90.9 Å². The normalized spacial score (nSPS) is 30.5. The van der Waals surface area contributed by atoms with Gasteiger partial charge in [-0.1, -0.05) is 22.3 Å². The maximum atomic E-state index is 15.9. The molecule has 2 saturated carbocycles. The van der Waals surface area contributed by atoms with E-state index in [2.05, 4.69) is 20.2 Å². The number of alkyl halides is 1. The van der Waals surface area contributed by atoms with Crippen LogP contribution in [0.3, 0.4) is 0 Å². The molecule has 1 aromatic rings. The Hall–Kier alpha value is -2.02. The zero-order valence-electron chi connectivity index (χ0n) is 22.5. The number of ether oxygens (including phenoxy) is 1. The molecule has 0 aromatic carbocycles. The Kier molecular flexibility index (Phi) is 7.02. The second-order valence-electron chi connectivity index (χ2n) is 12.3. The van der Waals surface area contributed by atoms with Gasteiger partial charge in [-0.25, -0.2) is 14.4 Å². The topological polar surface area (TPSA) is 50.3 Å². The molecule has 1 unspecified atom stereocenters. The van der Waals surface area contributed by atoms with Crippen LogP contribution in [-0.2, 0) is 4.74 Å². The third-order valence-corrected chi connectivity index (χ3v) is 9.49. The van der Waals surface area contributed by atoms with Crippen molar-refractivity contribution in [3.8, 4) is 0 Å². The summed E-state index contributed by atoms with van der Waals surface area (Å²) in [5.41, 5.74) is 4.47. The van der Waals surface area contributed by atoms with Gasteiger partial charge in [0, 0.05) is 37.6 Å². The molecule has 1 aromatic heterocycles. The first kappa shape index (κ1) is 25.3. The van der Waals surface area contributed by atoms with E-state index in [1.165, 1.54) is 28.6 Å². The highest BCUT2D eigenvalue weighted by molar-refractivity contribution is 5.54. The number of hydrogen-bond donors (Lipinski definition) is 1. The van der Waals surface area contributed by atoms with E-state index < -0.39 is 5.67 Å². The van der Waals surface area contributed by atoms with E-state index in [-0.39, 0.29) is 35.6 Å². The van der Waals surface area contributed by atoms with Crippen LogP contribution >= 0.6 is 0 Å². The van der Waals surface area contributed by atoms with Crippen LogP contribution in [0.25, 0.3) is 0 Å². The van der Waals surface area contributed by atoms with Crippen molar-refractivity contribution >= 4 is 11.6 Å². The predicted octanol–water partition coefficient (Wildman–Crippen LogP) is 6.91. The summed E-state index contributed by atoms with van der Waals surface area (Å²) >= 11 is 0. The highest BCUT2D eigenvalue weighted by Gasteiger charge is 2.48. The van der Waals surface area contributed by atoms with Gasteiger partial charge in [-0.2, -0.15) is 4.39 Å². The lowest BCUT2D eigenvalue weighted by Crippen LogP contribution is -2.43. The largest absolute Gasteiger partial charge is 0.376 e. The average Bonchev–Trinajstić information content (AvgIpc) is 3.48. The number of anilines is 2. The molecule has 2 saturated heterocycles. The summed E-state index contributed by atoms with van der Waals surface area (Å²) < 4.78 is 37.4. The molecule has 1 N–H and O–H groups in total. The predicted molar refractivity (Wildman–Crippen MR) is 143 cm³/mol. The quantitative estimate of drug-likeness (QED) is 0.420. The molecule has 37 heavy (non-hydrogen) atoms. The van der Waals surface area contributed by atoms with Crippen molar-refractivity contribution in [1.82, 2.24) is 9.97 Å². The Morgan fingerprint density at radius 3 is 2.24 bits per heavy atom. The summed E-state index contributed by atoms with van der Waals surface area (Å²) in [5, 5.41) is 3.19. The van der Waals surface area contributed by atoms with Crippen LogP contribution in [0.5, 0.6) is 0 Å². The van der Waals surface area contributed by atoms with Gasteiger partial charge in [0.15, 0.2) is 11.6 Å². The van der Waals surface area contributed by atoms with Gasteiger partial charge in [0.1, 0.15) is 12.0 Å². The van der Waals surface area contributed by atoms with Gasteiger partial charge in [0.2, 0.25) is 5.82 Å². The zero-order valence-corrected chi connectivity index (χ0v) is 22.5. The van der Waals surface area contributed by atoms with E-state index in [1.54, 1.807) is 13.8 Å². The third-order valence-electron chi connectivity index (χ3n) is 9.49. The minimum Gasteiger partial charge on any atom is -0.376 e. The molecule has 3 heterocycles. The fourth-order valence-electron chi connectivity index (χ4n) is 8.09. The molecule has 0 radical (unpaired) electrons. The standard InChI is InChI=1S/C30H42F2N4O/c1-30(2,32)26-22-12-5-6-13-23(26)21-11-4-3-10-20(22)25(21)24-14-7-15-36(24)29-27(31)28(34-18-35-29)33-17-19-9-8-16-37-19/h18-19,24-26H,3-17H2,1-2H3,(H,33,34,35)/t19?,24-,25?,26?/m1/s1. The first-order chi connectivity index (χ1) is 17.9. The summed E-state index contributed by atoms with van der Waals surface area (Å²) in [6, 6.07) is 0.172. The fraction of sp³-hybridized carbons (Fsp3) is 0.733. The van der Waals surface area contributed by atoms with E-state index in [4.69, 9.17) is 4.74 Å².